The second-order valence-electron chi connectivity index (χ2n) is 4.55. The highest BCUT2D eigenvalue weighted by molar-refractivity contribution is 6.31. The van der Waals surface area contributed by atoms with Crippen molar-refractivity contribution >= 4 is 23.0 Å². The summed E-state index contributed by atoms with van der Waals surface area (Å²) in [6.07, 6.45) is 7.41. The second kappa shape index (κ2) is 8.20. The lowest BCUT2D eigenvalue weighted by molar-refractivity contribution is 0.616. The van der Waals surface area contributed by atoms with Crippen molar-refractivity contribution in [3.63, 3.8) is 0 Å². The smallest absolute Gasteiger partial charge is 0.143 e. The lowest BCUT2D eigenvalue weighted by Gasteiger charge is -2.10. The minimum Gasteiger partial charge on any atom is -0.397 e. The van der Waals surface area contributed by atoms with Crippen LogP contribution in [0.4, 0.5) is 15.8 Å². The number of hydrogen-bond donors (Lipinski definition) is 2. The highest BCUT2D eigenvalue weighted by atomic mass is 35.5. The quantitative estimate of drug-likeness (QED) is 0.525. The molecule has 2 nitrogen and oxygen atoms in total. The summed E-state index contributed by atoms with van der Waals surface area (Å²) in [5.41, 5.74) is 6.88. The van der Waals surface area contributed by atoms with Crippen LogP contribution in [-0.4, -0.2) is 6.54 Å². The minimum atomic E-state index is -0.434. The van der Waals surface area contributed by atoms with Crippen LogP contribution in [0, 0.1) is 5.82 Å². The molecule has 1 aromatic carbocycles. The molecule has 0 saturated carbocycles. The maximum Gasteiger partial charge on any atom is 0.143 e. The molecule has 1 aromatic rings. The van der Waals surface area contributed by atoms with Gasteiger partial charge in [0.15, 0.2) is 0 Å². The molecule has 0 radical (unpaired) electrons. The summed E-state index contributed by atoms with van der Waals surface area (Å²) in [7, 11) is 0. The first-order chi connectivity index (χ1) is 8.65. The number of rotatable bonds is 8. The van der Waals surface area contributed by atoms with E-state index in [0.717, 1.165) is 13.0 Å². The Labute approximate surface area is 114 Å². The largest absolute Gasteiger partial charge is 0.397 e. The third-order valence-electron chi connectivity index (χ3n) is 2.94. The van der Waals surface area contributed by atoms with Crippen molar-refractivity contribution in [2.75, 3.05) is 17.6 Å². The number of hydrogen-bond acceptors (Lipinski definition) is 2. The Hall–Kier alpha value is -0.960. The third-order valence-corrected chi connectivity index (χ3v) is 3.23. The first-order valence-electron chi connectivity index (χ1n) is 6.63. The van der Waals surface area contributed by atoms with Crippen molar-refractivity contribution in [2.24, 2.45) is 0 Å². The van der Waals surface area contributed by atoms with Crippen molar-refractivity contribution in [1.29, 1.82) is 0 Å². The van der Waals surface area contributed by atoms with E-state index in [-0.39, 0.29) is 5.02 Å². The van der Waals surface area contributed by atoms with Crippen molar-refractivity contribution in [1.82, 2.24) is 0 Å². The Bertz CT molecular complexity index is 369. The molecule has 0 aliphatic carbocycles. The van der Waals surface area contributed by atoms with E-state index in [9.17, 15) is 4.39 Å². The fourth-order valence-corrected chi connectivity index (χ4v) is 2.02. The normalized spacial score (nSPS) is 10.6. The van der Waals surface area contributed by atoms with E-state index in [4.69, 9.17) is 17.3 Å². The van der Waals surface area contributed by atoms with Gasteiger partial charge in [-0.05, 0) is 12.5 Å². The standard InChI is InChI=1S/C14H22ClFN2/c1-2-3-4-5-6-7-8-18-14-10-12(16)11(15)9-13(14)17/h9-10,18H,2-8,17H2,1H3. The molecule has 0 aliphatic heterocycles. The van der Waals surface area contributed by atoms with Gasteiger partial charge in [-0.15, -0.1) is 0 Å². The SMILES string of the molecule is CCCCCCCCNc1cc(F)c(Cl)cc1N. The lowest BCUT2D eigenvalue weighted by atomic mass is 10.1. The highest BCUT2D eigenvalue weighted by Gasteiger charge is 2.05. The van der Waals surface area contributed by atoms with Gasteiger partial charge < -0.3 is 11.1 Å². The van der Waals surface area contributed by atoms with E-state index in [0.29, 0.717) is 11.4 Å². The van der Waals surface area contributed by atoms with Crippen molar-refractivity contribution < 1.29 is 4.39 Å². The van der Waals surface area contributed by atoms with Crippen molar-refractivity contribution in [3.8, 4) is 0 Å². The molecule has 1 rings (SSSR count). The van der Waals surface area contributed by atoms with Crippen LogP contribution in [0.15, 0.2) is 12.1 Å². The summed E-state index contributed by atoms with van der Waals surface area (Å²) in [4.78, 5) is 0. The van der Waals surface area contributed by atoms with Crippen LogP contribution >= 0.6 is 11.6 Å². The number of nitrogens with two attached hydrogens (primary N) is 1. The number of anilines is 2. The summed E-state index contributed by atoms with van der Waals surface area (Å²) in [5.74, 6) is -0.434. The molecule has 3 N–H and O–H groups in total. The van der Waals surface area contributed by atoms with Gasteiger partial charge in [0.1, 0.15) is 5.82 Å². The number of benzene rings is 1. The van der Waals surface area contributed by atoms with Gasteiger partial charge in [0, 0.05) is 12.6 Å². The first-order valence-corrected chi connectivity index (χ1v) is 7.01. The van der Waals surface area contributed by atoms with Gasteiger partial charge in [-0.2, -0.15) is 0 Å². The molecular formula is C14H22ClFN2. The molecule has 4 heteroatoms. The summed E-state index contributed by atoms with van der Waals surface area (Å²) >= 11 is 5.64. The monoisotopic (exact) mass is 272 g/mol. The molecule has 0 heterocycles. The van der Waals surface area contributed by atoms with E-state index in [1.54, 1.807) is 0 Å². The summed E-state index contributed by atoms with van der Waals surface area (Å²) < 4.78 is 13.2. The van der Waals surface area contributed by atoms with Crippen molar-refractivity contribution in [2.45, 2.75) is 45.4 Å². The first kappa shape index (κ1) is 15.1. The van der Waals surface area contributed by atoms with Gasteiger partial charge in [-0.25, -0.2) is 4.39 Å². The topological polar surface area (TPSA) is 38.0 Å². The number of halogens is 2. The predicted octanol–water partition coefficient (Wildman–Crippen LogP) is 4.83. The molecule has 0 saturated heterocycles. The van der Waals surface area contributed by atoms with E-state index in [1.807, 2.05) is 0 Å². The molecule has 0 unspecified atom stereocenters. The van der Waals surface area contributed by atoms with Gasteiger partial charge in [0.2, 0.25) is 0 Å². The fraction of sp³-hybridized carbons (Fsp3) is 0.571. The molecule has 0 aromatic heterocycles. The molecule has 102 valence electrons. The predicted molar refractivity (Wildman–Crippen MR) is 77.7 cm³/mol. The molecule has 0 fully saturated rings. The fourth-order valence-electron chi connectivity index (χ4n) is 1.84. The molecule has 0 atom stereocenters. The van der Waals surface area contributed by atoms with Crippen LogP contribution in [0.1, 0.15) is 45.4 Å². The van der Waals surface area contributed by atoms with E-state index >= 15 is 0 Å². The molecule has 0 aliphatic rings. The van der Waals surface area contributed by atoms with Crippen LogP contribution in [0.2, 0.25) is 5.02 Å². The highest BCUT2D eigenvalue weighted by Crippen LogP contribution is 2.26. The van der Waals surface area contributed by atoms with E-state index in [2.05, 4.69) is 12.2 Å². The zero-order valence-corrected chi connectivity index (χ0v) is 11.7. The Morgan fingerprint density at radius 3 is 2.56 bits per heavy atom. The van der Waals surface area contributed by atoms with Gasteiger partial charge in [-0.1, -0.05) is 50.6 Å². The van der Waals surface area contributed by atoms with E-state index in [1.165, 1.54) is 44.2 Å². The van der Waals surface area contributed by atoms with Gasteiger partial charge in [0.25, 0.3) is 0 Å². The Morgan fingerprint density at radius 1 is 1.17 bits per heavy atom. The molecule has 0 spiro atoms. The van der Waals surface area contributed by atoms with Gasteiger partial charge in [0.05, 0.1) is 16.4 Å². The van der Waals surface area contributed by atoms with Crippen LogP contribution in [0.3, 0.4) is 0 Å². The molecule has 18 heavy (non-hydrogen) atoms. The molecule has 0 amide bonds. The van der Waals surface area contributed by atoms with Crippen LogP contribution in [0.25, 0.3) is 0 Å². The maximum atomic E-state index is 13.2. The van der Waals surface area contributed by atoms with Gasteiger partial charge in [-0.3, -0.25) is 0 Å². The number of nitrogens with one attached hydrogen (secondary N) is 1. The Morgan fingerprint density at radius 2 is 1.83 bits per heavy atom. The molecular weight excluding hydrogens is 251 g/mol. The Kier molecular flexibility index (Phi) is 6.88. The summed E-state index contributed by atoms with van der Waals surface area (Å²) in [6, 6.07) is 2.80. The lowest BCUT2D eigenvalue weighted by Crippen LogP contribution is -2.04. The van der Waals surface area contributed by atoms with E-state index < -0.39 is 5.82 Å². The minimum absolute atomic E-state index is 0.0672. The van der Waals surface area contributed by atoms with Gasteiger partial charge >= 0.3 is 0 Å². The molecule has 0 bridgehead atoms. The third kappa shape index (κ3) is 5.13. The number of nitrogen functional groups attached to an aromatic ring is 1. The average Bonchev–Trinajstić information content (AvgIpc) is 2.34. The number of unbranched alkanes of at least 4 members (excludes halogenated alkanes) is 5. The maximum absolute atomic E-state index is 13.2. The summed E-state index contributed by atoms with van der Waals surface area (Å²) in [6.45, 7) is 3.02. The van der Waals surface area contributed by atoms with Crippen LogP contribution in [0.5, 0.6) is 0 Å². The van der Waals surface area contributed by atoms with Crippen LogP contribution < -0.4 is 11.1 Å². The van der Waals surface area contributed by atoms with Crippen LogP contribution in [-0.2, 0) is 0 Å². The van der Waals surface area contributed by atoms with Crippen molar-refractivity contribution in [3.05, 3.63) is 23.0 Å². The zero-order valence-electron chi connectivity index (χ0n) is 10.9. The second-order valence-corrected chi connectivity index (χ2v) is 4.96. The summed E-state index contributed by atoms with van der Waals surface area (Å²) in [5, 5.41) is 3.22. The average molecular weight is 273 g/mol. The Balaban J connectivity index is 2.25. The zero-order chi connectivity index (χ0) is 13.4.